The van der Waals surface area contributed by atoms with Gasteiger partial charge in [-0.3, -0.25) is 4.79 Å². The zero-order valence-corrected chi connectivity index (χ0v) is 16.7. The molecule has 0 aliphatic rings. The van der Waals surface area contributed by atoms with Crippen LogP contribution in [0.4, 0.5) is 8.78 Å². The molecule has 3 rings (SSSR count). The summed E-state index contributed by atoms with van der Waals surface area (Å²) in [6.07, 6.45) is 2.95. The first-order chi connectivity index (χ1) is 14.5. The maximum atomic E-state index is 15.4. The van der Waals surface area contributed by atoms with Crippen LogP contribution in [0.1, 0.15) is 27.4 Å². The van der Waals surface area contributed by atoms with Crippen LogP contribution in [0.5, 0.6) is 11.5 Å². The van der Waals surface area contributed by atoms with Crippen molar-refractivity contribution in [1.82, 2.24) is 0 Å². The van der Waals surface area contributed by atoms with Gasteiger partial charge >= 0.3 is 5.92 Å². The number of carbonyl (C=O) groups excluding carboxylic acids is 1. The summed E-state index contributed by atoms with van der Waals surface area (Å²) in [5.74, 6) is -5.09. The molecule has 0 saturated carbocycles. The molecule has 30 heavy (non-hydrogen) atoms. The number of Topliss-reactive ketones (excluding diaryl/α,β-unsaturated/α-hetero) is 1. The van der Waals surface area contributed by atoms with Crippen molar-refractivity contribution in [3.05, 3.63) is 102 Å². The molecule has 0 N–H and O–H groups in total. The van der Waals surface area contributed by atoms with Crippen molar-refractivity contribution in [2.24, 2.45) is 0 Å². The standard InChI is InChI=1S/C25H22F2O3/c1-29-21-13-8-18(9-14-21)10-17-23(19-11-15-22(30-2)16-12-19)25(26,27)24(28)20-6-4-3-5-7-20/h3-17,23H,1-2H3. The number of benzene rings is 3. The number of methoxy groups -OCH3 is 2. The molecule has 154 valence electrons. The number of halogens is 2. The maximum absolute atomic E-state index is 15.4. The molecule has 0 radical (unpaired) electrons. The largest absolute Gasteiger partial charge is 0.497 e. The van der Waals surface area contributed by atoms with Crippen LogP contribution in [0.3, 0.4) is 0 Å². The Morgan fingerprint density at radius 2 is 1.37 bits per heavy atom. The molecular formula is C25H22F2O3. The fraction of sp³-hybridized carbons (Fsp3) is 0.160. The summed E-state index contributed by atoms with van der Waals surface area (Å²) in [6, 6.07) is 20.9. The lowest BCUT2D eigenvalue weighted by Crippen LogP contribution is -2.35. The van der Waals surface area contributed by atoms with E-state index in [9.17, 15) is 4.79 Å². The number of ether oxygens (including phenoxy) is 2. The SMILES string of the molecule is COc1ccc(C=CC(c2ccc(OC)cc2)C(F)(F)C(=O)c2ccccc2)cc1. The number of alkyl halides is 2. The molecule has 5 heteroatoms. The molecule has 0 heterocycles. The Morgan fingerprint density at radius 3 is 1.90 bits per heavy atom. The Kier molecular flexibility index (Phi) is 6.62. The van der Waals surface area contributed by atoms with Gasteiger partial charge in [0.2, 0.25) is 5.78 Å². The van der Waals surface area contributed by atoms with Gasteiger partial charge in [0.1, 0.15) is 11.5 Å². The van der Waals surface area contributed by atoms with Crippen molar-refractivity contribution in [3.63, 3.8) is 0 Å². The number of rotatable bonds is 8. The lowest BCUT2D eigenvalue weighted by atomic mass is 9.87. The molecular weight excluding hydrogens is 386 g/mol. The smallest absolute Gasteiger partial charge is 0.319 e. The highest BCUT2D eigenvalue weighted by atomic mass is 19.3. The summed E-state index contributed by atoms with van der Waals surface area (Å²) in [5.41, 5.74) is 1.01. The van der Waals surface area contributed by atoms with E-state index in [4.69, 9.17) is 9.47 Å². The fourth-order valence-corrected chi connectivity index (χ4v) is 3.10. The monoisotopic (exact) mass is 408 g/mol. The van der Waals surface area contributed by atoms with E-state index in [2.05, 4.69) is 0 Å². The van der Waals surface area contributed by atoms with E-state index in [-0.39, 0.29) is 5.56 Å². The van der Waals surface area contributed by atoms with Gasteiger partial charge in [-0.15, -0.1) is 0 Å². The lowest BCUT2D eigenvalue weighted by molar-refractivity contribution is 0.00125. The van der Waals surface area contributed by atoms with Crippen LogP contribution >= 0.6 is 0 Å². The topological polar surface area (TPSA) is 35.5 Å². The first-order valence-corrected chi connectivity index (χ1v) is 9.39. The third-order valence-electron chi connectivity index (χ3n) is 4.80. The molecule has 0 aliphatic heterocycles. The van der Waals surface area contributed by atoms with Crippen molar-refractivity contribution < 1.29 is 23.0 Å². The normalized spacial score (nSPS) is 12.5. The van der Waals surface area contributed by atoms with E-state index in [1.165, 1.54) is 25.3 Å². The summed E-state index contributed by atoms with van der Waals surface area (Å²) in [4.78, 5) is 12.7. The van der Waals surface area contributed by atoms with Crippen molar-refractivity contribution >= 4 is 11.9 Å². The van der Waals surface area contributed by atoms with Gasteiger partial charge in [0.05, 0.1) is 20.1 Å². The van der Waals surface area contributed by atoms with Gasteiger partial charge in [-0.05, 0) is 35.4 Å². The number of ketones is 1. The average Bonchev–Trinajstić information content (AvgIpc) is 2.80. The fourth-order valence-electron chi connectivity index (χ4n) is 3.10. The number of carbonyl (C=O) groups is 1. The summed E-state index contributed by atoms with van der Waals surface area (Å²) in [6.45, 7) is 0. The van der Waals surface area contributed by atoms with Gasteiger partial charge in [0, 0.05) is 5.56 Å². The minimum absolute atomic E-state index is 0.0288. The molecule has 1 atom stereocenters. The molecule has 0 bridgehead atoms. The van der Waals surface area contributed by atoms with Gasteiger partial charge in [0.15, 0.2) is 0 Å². The molecule has 0 saturated heterocycles. The van der Waals surface area contributed by atoms with Gasteiger partial charge in [-0.2, -0.15) is 8.78 Å². The minimum atomic E-state index is -3.64. The first-order valence-electron chi connectivity index (χ1n) is 9.39. The van der Waals surface area contributed by atoms with Crippen LogP contribution in [-0.4, -0.2) is 25.9 Å². The van der Waals surface area contributed by atoms with Gasteiger partial charge in [-0.1, -0.05) is 66.7 Å². The quantitative estimate of drug-likeness (QED) is 0.428. The molecule has 1 unspecified atom stereocenters. The van der Waals surface area contributed by atoms with Crippen molar-refractivity contribution in [2.75, 3.05) is 14.2 Å². The molecule has 0 fully saturated rings. The summed E-state index contributed by atoms with van der Waals surface area (Å²) >= 11 is 0. The average molecular weight is 408 g/mol. The third-order valence-corrected chi connectivity index (χ3v) is 4.80. The zero-order chi connectivity index (χ0) is 21.6. The molecule has 0 spiro atoms. The molecule has 3 aromatic rings. The highest BCUT2D eigenvalue weighted by Crippen LogP contribution is 2.38. The lowest BCUT2D eigenvalue weighted by Gasteiger charge is -2.24. The van der Waals surface area contributed by atoms with Gasteiger partial charge < -0.3 is 9.47 Å². The van der Waals surface area contributed by atoms with Crippen LogP contribution in [0, 0.1) is 0 Å². The molecule has 0 amide bonds. The first kappa shape index (κ1) is 21.2. The summed E-state index contributed by atoms with van der Waals surface area (Å²) in [7, 11) is 3.06. The Labute approximate surface area is 174 Å². The Morgan fingerprint density at radius 1 is 0.833 bits per heavy atom. The molecule has 0 aliphatic carbocycles. The second kappa shape index (κ2) is 9.35. The van der Waals surface area contributed by atoms with Gasteiger partial charge in [-0.25, -0.2) is 0 Å². The third kappa shape index (κ3) is 4.74. The van der Waals surface area contributed by atoms with E-state index in [0.29, 0.717) is 17.1 Å². The summed E-state index contributed by atoms with van der Waals surface area (Å²) < 4.78 is 41.0. The Balaban J connectivity index is 1.99. The predicted octanol–water partition coefficient (Wildman–Crippen LogP) is 6.02. The van der Waals surface area contributed by atoms with E-state index < -0.39 is 17.6 Å². The van der Waals surface area contributed by atoms with Crippen LogP contribution in [-0.2, 0) is 0 Å². The molecule has 3 nitrogen and oxygen atoms in total. The predicted molar refractivity (Wildman–Crippen MR) is 113 cm³/mol. The number of hydrogen-bond donors (Lipinski definition) is 0. The summed E-state index contributed by atoms with van der Waals surface area (Å²) in [5, 5.41) is 0. The second-order valence-electron chi connectivity index (χ2n) is 6.70. The highest BCUT2D eigenvalue weighted by Gasteiger charge is 2.46. The highest BCUT2D eigenvalue weighted by molar-refractivity contribution is 6.02. The number of hydrogen-bond acceptors (Lipinski definition) is 3. The van der Waals surface area contributed by atoms with Crippen LogP contribution in [0.15, 0.2) is 84.9 Å². The van der Waals surface area contributed by atoms with Gasteiger partial charge in [0.25, 0.3) is 0 Å². The van der Waals surface area contributed by atoms with Crippen LogP contribution in [0.25, 0.3) is 6.08 Å². The zero-order valence-electron chi connectivity index (χ0n) is 16.7. The Bertz CT molecular complexity index is 995. The van der Waals surface area contributed by atoms with Crippen molar-refractivity contribution in [2.45, 2.75) is 11.8 Å². The van der Waals surface area contributed by atoms with Crippen molar-refractivity contribution in [3.8, 4) is 11.5 Å². The second-order valence-corrected chi connectivity index (χ2v) is 6.70. The number of allylic oxidation sites excluding steroid dienone is 1. The van der Waals surface area contributed by atoms with E-state index >= 15 is 8.78 Å². The minimum Gasteiger partial charge on any atom is -0.497 e. The van der Waals surface area contributed by atoms with E-state index in [1.54, 1.807) is 79.9 Å². The molecule has 3 aromatic carbocycles. The van der Waals surface area contributed by atoms with Crippen LogP contribution < -0.4 is 9.47 Å². The Hall–Kier alpha value is -3.47. The van der Waals surface area contributed by atoms with Crippen molar-refractivity contribution in [1.29, 1.82) is 0 Å². The van der Waals surface area contributed by atoms with Crippen LogP contribution in [0.2, 0.25) is 0 Å². The van der Waals surface area contributed by atoms with E-state index in [0.717, 1.165) is 5.56 Å². The molecule has 0 aromatic heterocycles. The maximum Gasteiger partial charge on any atom is 0.319 e. The van der Waals surface area contributed by atoms with E-state index in [1.807, 2.05) is 0 Å².